The quantitative estimate of drug-likeness (QED) is 0.591. The summed E-state index contributed by atoms with van der Waals surface area (Å²) in [4.78, 5) is 26.9. The van der Waals surface area contributed by atoms with Crippen molar-refractivity contribution in [2.24, 2.45) is 0 Å². The fourth-order valence-corrected chi connectivity index (χ4v) is 3.68. The number of aromatic amines is 1. The molecule has 3 rings (SSSR count). The Hall–Kier alpha value is -2.84. The minimum absolute atomic E-state index is 0.0361. The minimum Gasteiger partial charge on any atom is -0.350 e. The van der Waals surface area contributed by atoms with Crippen molar-refractivity contribution in [2.75, 3.05) is 5.75 Å². The van der Waals surface area contributed by atoms with Gasteiger partial charge in [-0.25, -0.2) is 8.42 Å². The molecule has 0 aliphatic heterocycles. The molecule has 3 N–H and O–H groups in total. The fourth-order valence-electron chi connectivity index (χ4n) is 2.34. The van der Waals surface area contributed by atoms with Gasteiger partial charge in [-0.2, -0.15) is 0 Å². The van der Waals surface area contributed by atoms with Crippen LogP contribution in [0.15, 0.2) is 59.5 Å². The Morgan fingerprint density at radius 1 is 1.00 bits per heavy atom. The molecule has 0 aliphatic carbocycles. The van der Waals surface area contributed by atoms with Crippen molar-refractivity contribution in [3.8, 4) is 0 Å². The maximum atomic E-state index is 12.1. The highest BCUT2D eigenvalue weighted by molar-refractivity contribution is 7.92. The van der Waals surface area contributed by atoms with Crippen LogP contribution in [0.3, 0.4) is 0 Å². The molecular formula is C17H14ClN3O4S. The molecule has 0 fully saturated rings. The van der Waals surface area contributed by atoms with E-state index in [1.807, 2.05) is 0 Å². The van der Waals surface area contributed by atoms with Crippen LogP contribution in [0.25, 0.3) is 10.9 Å². The summed E-state index contributed by atoms with van der Waals surface area (Å²) in [5.41, 5.74) is 5.19. The fraction of sp³-hybridized carbons (Fsp3) is 0.0588. The molecular weight excluding hydrogens is 378 g/mol. The smallest absolute Gasteiger partial charge is 0.286 e. The van der Waals surface area contributed by atoms with Crippen LogP contribution in [0.2, 0.25) is 5.02 Å². The van der Waals surface area contributed by atoms with E-state index in [1.54, 1.807) is 42.5 Å². The zero-order valence-corrected chi connectivity index (χ0v) is 14.9. The molecule has 0 unspecified atom stereocenters. The van der Waals surface area contributed by atoms with Crippen LogP contribution in [-0.2, 0) is 14.6 Å². The summed E-state index contributed by atoms with van der Waals surface area (Å²) in [7, 11) is -3.78. The number of amides is 2. The lowest BCUT2D eigenvalue weighted by Gasteiger charge is -2.07. The predicted molar refractivity (Wildman–Crippen MR) is 97.4 cm³/mol. The number of aromatic nitrogens is 1. The van der Waals surface area contributed by atoms with E-state index in [-0.39, 0.29) is 10.6 Å². The van der Waals surface area contributed by atoms with Crippen molar-refractivity contribution in [2.45, 2.75) is 4.90 Å². The van der Waals surface area contributed by atoms with Crippen LogP contribution in [0.1, 0.15) is 10.5 Å². The van der Waals surface area contributed by atoms with Crippen molar-refractivity contribution in [1.82, 2.24) is 15.8 Å². The van der Waals surface area contributed by atoms with Gasteiger partial charge in [-0.1, -0.05) is 29.8 Å². The predicted octanol–water partition coefficient (Wildman–Crippen LogP) is 2.06. The summed E-state index contributed by atoms with van der Waals surface area (Å²) in [5, 5.41) is 1.27. The highest BCUT2D eigenvalue weighted by Crippen LogP contribution is 2.19. The van der Waals surface area contributed by atoms with Gasteiger partial charge in [0.1, 0.15) is 11.4 Å². The molecule has 0 atom stereocenters. The van der Waals surface area contributed by atoms with Gasteiger partial charge in [0.15, 0.2) is 9.84 Å². The monoisotopic (exact) mass is 391 g/mol. The third-order valence-electron chi connectivity index (χ3n) is 3.57. The first-order valence-corrected chi connectivity index (χ1v) is 9.53. The van der Waals surface area contributed by atoms with Gasteiger partial charge in [0.25, 0.3) is 11.8 Å². The topological polar surface area (TPSA) is 108 Å². The Kier molecular flexibility index (Phi) is 4.97. The number of sulfone groups is 1. The number of H-pyrrole nitrogens is 1. The van der Waals surface area contributed by atoms with E-state index in [0.29, 0.717) is 10.5 Å². The molecule has 1 heterocycles. The normalized spacial score (nSPS) is 11.3. The maximum Gasteiger partial charge on any atom is 0.286 e. The number of nitrogens with one attached hydrogen (secondary N) is 3. The Morgan fingerprint density at radius 3 is 2.46 bits per heavy atom. The Morgan fingerprint density at radius 2 is 1.73 bits per heavy atom. The van der Waals surface area contributed by atoms with Crippen LogP contribution in [-0.4, -0.2) is 31.0 Å². The number of fused-ring (bicyclic) bond motifs is 1. The van der Waals surface area contributed by atoms with Gasteiger partial charge in [0, 0.05) is 15.9 Å². The van der Waals surface area contributed by atoms with Gasteiger partial charge in [-0.15, -0.1) is 0 Å². The molecule has 9 heteroatoms. The Labute approximate surface area is 154 Å². The summed E-state index contributed by atoms with van der Waals surface area (Å²) >= 11 is 5.89. The van der Waals surface area contributed by atoms with Crippen LogP contribution in [0.4, 0.5) is 0 Å². The lowest BCUT2D eigenvalue weighted by atomic mass is 10.2. The largest absolute Gasteiger partial charge is 0.350 e. The van der Waals surface area contributed by atoms with E-state index in [9.17, 15) is 18.0 Å². The molecule has 0 spiro atoms. The van der Waals surface area contributed by atoms with Crippen LogP contribution in [0, 0.1) is 0 Å². The molecule has 1 aromatic heterocycles. The second-order valence-electron chi connectivity index (χ2n) is 5.49. The second-order valence-corrected chi connectivity index (χ2v) is 7.92. The molecule has 0 saturated carbocycles. The summed E-state index contributed by atoms with van der Waals surface area (Å²) in [6.45, 7) is 0. The van der Waals surface area contributed by atoms with E-state index < -0.39 is 27.4 Å². The van der Waals surface area contributed by atoms with Gasteiger partial charge in [0.05, 0.1) is 4.90 Å². The van der Waals surface area contributed by atoms with Gasteiger partial charge in [0.2, 0.25) is 0 Å². The molecule has 7 nitrogen and oxygen atoms in total. The summed E-state index contributed by atoms with van der Waals surface area (Å²) < 4.78 is 24.2. The molecule has 0 saturated heterocycles. The zero-order valence-electron chi connectivity index (χ0n) is 13.3. The number of hydrazine groups is 1. The minimum atomic E-state index is -3.78. The molecule has 3 aromatic rings. The number of hydrogen-bond acceptors (Lipinski definition) is 4. The average molecular weight is 392 g/mol. The van der Waals surface area contributed by atoms with Crippen LogP contribution in [0.5, 0.6) is 0 Å². The summed E-state index contributed by atoms with van der Waals surface area (Å²) in [6, 6.07) is 14.3. The van der Waals surface area contributed by atoms with E-state index in [2.05, 4.69) is 15.8 Å². The van der Waals surface area contributed by atoms with Crippen molar-refractivity contribution in [1.29, 1.82) is 0 Å². The maximum absolute atomic E-state index is 12.1. The van der Waals surface area contributed by atoms with Crippen molar-refractivity contribution in [3.05, 3.63) is 65.3 Å². The molecule has 134 valence electrons. The third-order valence-corrected chi connectivity index (χ3v) is 5.43. The molecule has 26 heavy (non-hydrogen) atoms. The Bertz CT molecular complexity index is 1080. The van der Waals surface area contributed by atoms with Gasteiger partial charge in [-0.3, -0.25) is 20.4 Å². The second kappa shape index (κ2) is 7.19. The van der Waals surface area contributed by atoms with Gasteiger partial charge >= 0.3 is 0 Å². The number of hydrogen-bond donors (Lipinski definition) is 3. The van der Waals surface area contributed by atoms with Gasteiger partial charge < -0.3 is 4.98 Å². The number of carbonyl (C=O) groups excluding carboxylic acids is 2. The molecule has 2 aromatic carbocycles. The van der Waals surface area contributed by atoms with Crippen molar-refractivity contribution >= 4 is 44.2 Å². The van der Waals surface area contributed by atoms with Crippen LogP contribution < -0.4 is 10.9 Å². The standard InChI is InChI=1S/C17H14ClN3O4S/c18-12-6-7-14-11(8-12)9-15(19-14)17(23)21-20-16(22)10-26(24,25)13-4-2-1-3-5-13/h1-9,19H,10H2,(H,20,22)(H,21,23). The van der Waals surface area contributed by atoms with E-state index in [0.717, 1.165) is 5.39 Å². The number of carbonyl (C=O) groups is 2. The van der Waals surface area contributed by atoms with E-state index in [1.165, 1.54) is 12.1 Å². The first-order chi connectivity index (χ1) is 12.3. The number of halogens is 1. The summed E-state index contributed by atoms with van der Waals surface area (Å²) in [6.07, 6.45) is 0. The van der Waals surface area contributed by atoms with E-state index >= 15 is 0 Å². The number of rotatable bonds is 4. The van der Waals surface area contributed by atoms with E-state index in [4.69, 9.17) is 11.6 Å². The lowest BCUT2D eigenvalue weighted by Crippen LogP contribution is -2.44. The lowest BCUT2D eigenvalue weighted by molar-refractivity contribution is -0.119. The van der Waals surface area contributed by atoms with Crippen molar-refractivity contribution in [3.63, 3.8) is 0 Å². The first-order valence-electron chi connectivity index (χ1n) is 7.50. The van der Waals surface area contributed by atoms with Crippen molar-refractivity contribution < 1.29 is 18.0 Å². The SMILES string of the molecule is O=C(CS(=O)(=O)c1ccccc1)NNC(=O)c1cc2cc(Cl)ccc2[nH]1. The van der Waals surface area contributed by atoms with Gasteiger partial charge in [-0.05, 0) is 36.4 Å². The molecule has 2 amide bonds. The number of benzene rings is 2. The molecule has 0 radical (unpaired) electrons. The first kappa shape index (κ1) is 18.0. The Balaban J connectivity index is 1.62. The summed E-state index contributed by atoms with van der Waals surface area (Å²) in [5.74, 6) is -2.23. The average Bonchev–Trinajstić information content (AvgIpc) is 3.03. The third kappa shape index (κ3) is 4.04. The molecule has 0 aliphatic rings. The highest BCUT2D eigenvalue weighted by atomic mass is 35.5. The van der Waals surface area contributed by atoms with Crippen LogP contribution >= 0.6 is 11.6 Å². The highest BCUT2D eigenvalue weighted by Gasteiger charge is 2.19. The molecule has 0 bridgehead atoms. The zero-order chi connectivity index (χ0) is 18.7.